The number of nitrogens with zero attached hydrogens (tertiary/aromatic N) is 2. The van der Waals surface area contributed by atoms with Gasteiger partial charge in [0, 0.05) is 18.7 Å². The van der Waals surface area contributed by atoms with Crippen LogP contribution >= 0.6 is 0 Å². The minimum Gasteiger partial charge on any atom is -0.506 e. The molecule has 1 amide bonds. The Kier molecular flexibility index (Phi) is 4.94. The van der Waals surface area contributed by atoms with E-state index in [1.54, 1.807) is 4.72 Å². The van der Waals surface area contributed by atoms with Crippen LogP contribution in [0.25, 0.3) is 5.57 Å². The Hall–Kier alpha value is -2.13. The summed E-state index contributed by atoms with van der Waals surface area (Å²) in [5.41, 5.74) is 0.477. The minimum atomic E-state index is -4.20. The highest BCUT2D eigenvalue weighted by Gasteiger charge is 2.38. The molecule has 1 aromatic rings. The molecule has 0 spiro atoms. The monoisotopic (exact) mass is 383 g/mol. The Balaban J connectivity index is 1.89. The Morgan fingerprint density at radius 1 is 1.31 bits per heavy atom. The number of hydrogen-bond donors (Lipinski definition) is 2. The molecule has 0 aromatic heterocycles. The lowest BCUT2D eigenvalue weighted by molar-refractivity contribution is -0.117. The number of aromatic hydroxyl groups is 1. The van der Waals surface area contributed by atoms with Gasteiger partial charge in [0.1, 0.15) is 18.0 Å². The lowest BCUT2D eigenvalue weighted by atomic mass is 10.0. The van der Waals surface area contributed by atoms with Crippen molar-refractivity contribution in [1.29, 1.82) is 0 Å². The summed E-state index contributed by atoms with van der Waals surface area (Å²) in [6.45, 7) is 5.86. The highest BCUT2D eigenvalue weighted by atomic mass is 32.2. The van der Waals surface area contributed by atoms with E-state index in [0.29, 0.717) is 23.3 Å². The number of phenols is 1. The van der Waals surface area contributed by atoms with Crippen LogP contribution in [0, 0.1) is 11.7 Å². The molecule has 2 heterocycles. The summed E-state index contributed by atoms with van der Waals surface area (Å²) in [6, 6.07) is 2.69. The summed E-state index contributed by atoms with van der Waals surface area (Å²) in [5, 5.41) is 10.0. The molecular formula is C17H22FN3O4S. The van der Waals surface area contributed by atoms with Crippen molar-refractivity contribution in [2.45, 2.75) is 20.3 Å². The number of benzene rings is 1. The van der Waals surface area contributed by atoms with Crippen molar-refractivity contribution in [1.82, 2.24) is 9.62 Å². The topological polar surface area (TPSA) is 89.9 Å². The smallest absolute Gasteiger partial charge is 0.326 e. The lowest BCUT2D eigenvalue weighted by Crippen LogP contribution is -2.30. The van der Waals surface area contributed by atoms with Crippen LogP contribution in [0.1, 0.15) is 25.8 Å². The normalized spacial score (nSPS) is 19.9. The summed E-state index contributed by atoms with van der Waals surface area (Å²) in [7, 11) is -4.20. The van der Waals surface area contributed by atoms with Crippen molar-refractivity contribution in [3.8, 4) is 5.75 Å². The number of carbonyl (C=O) groups excluding carboxylic acids is 1. The number of amides is 1. The molecule has 2 N–H and O–H groups in total. The third-order valence-electron chi connectivity index (χ3n) is 4.52. The Morgan fingerprint density at radius 3 is 2.65 bits per heavy atom. The first-order chi connectivity index (χ1) is 12.2. The van der Waals surface area contributed by atoms with Gasteiger partial charge in [-0.05, 0) is 36.6 Å². The number of nitrogens with one attached hydrogen (secondary N) is 1. The highest BCUT2D eigenvalue weighted by molar-refractivity contribution is 7.92. The van der Waals surface area contributed by atoms with Crippen LogP contribution in [0.2, 0.25) is 0 Å². The van der Waals surface area contributed by atoms with E-state index in [2.05, 4.69) is 18.7 Å². The molecule has 7 nitrogen and oxygen atoms in total. The third-order valence-corrected chi connectivity index (χ3v) is 5.90. The average Bonchev–Trinajstić information content (AvgIpc) is 3.09. The molecule has 2 aliphatic heterocycles. The quantitative estimate of drug-likeness (QED) is 0.803. The van der Waals surface area contributed by atoms with Gasteiger partial charge < -0.3 is 5.11 Å². The molecule has 1 fully saturated rings. The van der Waals surface area contributed by atoms with E-state index < -0.39 is 39.9 Å². The zero-order valence-electron chi connectivity index (χ0n) is 14.7. The molecule has 0 bridgehead atoms. The van der Waals surface area contributed by atoms with E-state index in [-0.39, 0.29) is 5.56 Å². The zero-order chi connectivity index (χ0) is 19.1. The molecule has 1 saturated heterocycles. The molecule has 9 heteroatoms. The number of phenolic OH excluding ortho intramolecular Hbond substituents is 1. The van der Waals surface area contributed by atoms with Crippen molar-refractivity contribution >= 4 is 27.4 Å². The summed E-state index contributed by atoms with van der Waals surface area (Å²) >= 11 is 0. The molecule has 26 heavy (non-hydrogen) atoms. The predicted octanol–water partition coefficient (Wildman–Crippen LogP) is 1.46. The number of hydrogen-bond acceptors (Lipinski definition) is 5. The van der Waals surface area contributed by atoms with Gasteiger partial charge in [-0.1, -0.05) is 19.9 Å². The summed E-state index contributed by atoms with van der Waals surface area (Å²) in [5.74, 6) is -1.57. The van der Waals surface area contributed by atoms with Gasteiger partial charge in [0.2, 0.25) is 0 Å². The minimum absolute atomic E-state index is 0.236. The second kappa shape index (κ2) is 6.88. The molecule has 1 aromatic carbocycles. The molecule has 0 saturated carbocycles. The fourth-order valence-electron chi connectivity index (χ4n) is 3.10. The third kappa shape index (κ3) is 3.54. The fraction of sp³-hybridized carbons (Fsp3) is 0.471. The van der Waals surface area contributed by atoms with Crippen LogP contribution in [0.15, 0.2) is 18.2 Å². The molecule has 2 aliphatic rings. The molecule has 142 valence electrons. The maximum absolute atomic E-state index is 15.1. The number of anilines is 1. The van der Waals surface area contributed by atoms with Gasteiger partial charge in [-0.3, -0.25) is 9.69 Å². The summed E-state index contributed by atoms with van der Waals surface area (Å²) in [4.78, 5) is 13.6. The Morgan fingerprint density at radius 2 is 2.04 bits per heavy atom. The maximum Gasteiger partial charge on any atom is 0.326 e. The molecule has 0 radical (unpaired) electrons. The standard InChI is InChI=1S/C17H22FN3O4S/c1-11(2)5-7-20-8-6-12(9-20)13-3-4-14(22)17(16(13)18)21-10-15(23)19-26(21,24)25/h3-4,6,11,22H,5,7-10H2,1-2H3,(H,19,23). The molecule has 0 aliphatic carbocycles. The van der Waals surface area contributed by atoms with Gasteiger partial charge in [0.25, 0.3) is 5.91 Å². The van der Waals surface area contributed by atoms with Crippen LogP contribution in [-0.2, 0) is 15.0 Å². The van der Waals surface area contributed by atoms with Crippen LogP contribution in [-0.4, -0.2) is 50.5 Å². The first-order valence-electron chi connectivity index (χ1n) is 8.45. The van der Waals surface area contributed by atoms with Gasteiger partial charge in [-0.25, -0.2) is 13.4 Å². The predicted molar refractivity (Wildman–Crippen MR) is 96.3 cm³/mol. The van der Waals surface area contributed by atoms with E-state index >= 15 is 4.39 Å². The highest BCUT2D eigenvalue weighted by Crippen LogP contribution is 2.38. The zero-order valence-corrected chi connectivity index (χ0v) is 15.5. The van der Waals surface area contributed by atoms with Crippen LogP contribution in [0.5, 0.6) is 5.75 Å². The van der Waals surface area contributed by atoms with E-state index in [1.807, 2.05) is 6.08 Å². The van der Waals surface area contributed by atoms with Gasteiger partial charge in [-0.15, -0.1) is 0 Å². The number of carbonyl (C=O) groups is 1. The molecular weight excluding hydrogens is 361 g/mol. The van der Waals surface area contributed by atoms with Crippen LogP contribution in [0.4, 0.5) is 10.1 Å². The second-order valence-electron chi connectivity index (χ2n) is 6.98. The second-order valence-corrected chi connectivity index (χ2v) is 8.57. The number of halogens is 1. The van der Waals surface area contributed by atoms with E-state index in [4.69, 9.17) is 0 Å². The summed E-state index contributed by atoms with van der Waals surface area (Å²) in [6.07, 6.45) is 2.94. The number of rotatable bonds is 5. The maximum atomic E-state index is 15.1. The SMILES string of the molecule is CC(C)CCN1CC=C(c2ccc(O)c(N3CC(=O)NS3(=O)=O)c2F)C1. The molecule has 0 atom stereocenters. The van der Waals surface area contributed by atoms with E-state index in [0.717, 1.165) is 18.5 Å². The van der Waals surface area contributed by atoms with Crippen LogP contribution < -0.4 is 9.03 Å². The van der Waals surface area contributed by atoms with Crippen molar-refractivity contribution in [3.05, 3.63) is 29.6 Å². The Labute approximate surface area is 152 Å². The van der Waals surface area contributed by atoms with Crippen LogP contribution in [0.3, 0.4) is 0 Å². The largest absolute Gasteiger partial charge is 0.506 e. The van der Waals surface area contributed by atoms with Crippen molar-refractivity contribution in [2.24, 2.45) is 5.92 Å². The lowest BCUT2D eigenvalue weighted by Gasteiger charge is -2.20. The molecule has 3 rings (SSSR count). The first-order valence-corrected chi connectivity index (χ1v) is 9.89. The van der Waals surface area contributed by atoms with Gasteiger partial charge in [0.15, 0.2) is 5.82 Å². The molecule has 0 unspecified atom stereocenters. The van der Waals surface area contributed by atoms with Crippen molar-refractivity contribution < 1.29 is 22.7 Å². The van der Waals surface area contributed by atoms with Crippen molar-refractivity contribution in [3.63, 3.8) is 0 Å². The summed E-state index contributed by atoms with van der Waals surface area (Å²) < 4.78 is 41.4. The van der Waals surface area contributed by atoms with E-state index in [9.17, 15) is 18.3 Å². The average molecular weight is 383 g/mol. The van der Waals surface area contributed by atoms with E-state index in [1.165, 1.54) is 12.1 Å². The van der Waals surface area contributed by atoms with Gasteiger partial charge in [-0.2, -0.15) is 8.42 Å². The fourth-order valence-corrected chi connectivity index (χ4v) is 4.26. The van der Waals surface area contributed by atoms with Crippen molar-refractivity contribution in [2.75, 3.05) is 30.5 Å². The Bertz CT molecular complexity index is 867. The van der Waals surface area contributed by atoms with Gasteiger partial charge >= 0.3 is 10.2 Å². The van der Waals surface area contributed by atoms with Gasteiger partial charge in [0.05, 0.1) is 0 Å². The first kappa shape index (κ1) is 18.7.